The van der Waals surface area contributed by atoms with Gasteiger partial charge in [-0.15, -0.1) is 12.4 Å². The number of nitrogens with zero attached hydrogens (tertiary/aromatic N) is 1. The Hall–Kier alpha value is -1.15. The Bertz CT molecular complexity index is 657. The van der Waals surface area contributed by atoms with Gasteiger partial charge in [-0.1, -0.05) is 12.1 Å². The van der Waals surface area contributed by atoms with Gasteiger partial charge in [0.2, 0.25) is 10.0 Å². The molecule has 0 heterocycles. The number of likely N-dealkylation sites (N-methyl/N-ethyl adjacent to an activating group) is 1. The number of hydrogen-bond donors (Lipinski definition) is 1. The fourth-order valence-corrected chi connectivity index (χ4v) is 3.80. The van der Waals surface area contributed by atoms with Crippen molar-refractivity contribution in [3.63, 3.8) is 0 Å². The van der Waals surface area contributed by atoms with Crippen LogP contribution in [0.5, 0.6) is 0 Å². The molecule has 23 heavy (non-hydrogen) atoms. The van der Waals surface area contributed by atoms with Crippen molar-refractivity contribution in [2.75, 3.05) is 20.7 Å². The summed E-state index contributed by atoms with van der Waals surface area (Å²) in [6.07, 6.45) is 1.46. The van der Waals surface area contributed by atoms with Gasteiger partial charge in [-0.2, -0.15) is 4.31 Å². The maximum absolute atomic E-state index is 12.5. The van der Waals surface area contributed by atoms with Crippen molar-refractivity contribution in [3.05, 3.63) is 29.8 Å². The Morgan fingerprint density at radius 1 is 1.35 bits per heavy atom. The summed E-state index contributed by atoms with van der Waals surface area (Å²) in [6, 6.07) is 6.17. The number of esters is 1. The van der Waals surface area contributed by atoms with Crippen LogP contribution in [-0.4, -0.2) is 45.4 Å². The number of benzene rings is 1. The molecule has 1 aromatic carbocycles. The molecule has 1 aromatic rings. The van der Waals surface area contributed by atoms with Crippen molar-refractivity contribution >= 4 is 28.4 Å². The predicted octanol–water partition coefficient (Wildman–Crippen LogP) is 1.28. The van der Waals surface area contributed by atoms with E-state index in [9.17, 15) is 13.2 Å². The van der Waals surface area contributed by atoms with Gasteiger partial charge in [0.1, 0.15) is 0 Å². The minimum absolute atomic E-state index is 0. The topological polar surface area (TPSA) is 89.7 Å². The quantitative estimate of drug-likeness (QED) is 0.770. The number of methoxy groups -OCH3 is 1. The Kier molecular flexibility index (Phi) is 6.20. The molecule has 1 saturated carbocycles. The Morgan fingerprint density at radius 2 is 1.87 bits per heavy atom. The molecule has 130 valence electrons. The minimum Gasteiger partial charge on any atom is -0.468 e. The van der Waals surface area contributed by atoms with Gasteiger partial charge < -0.3 is 10.5 Å². The fourth-order valence-electron chi connectivity index (χ4n) is 2.43. The lowest BCUT2D eigenvalue weighted by Crippen LogP contribution is -2.39. The predicted molar refractivity (Wildman–Crippen MR) is 90.1 cm³/mol. The zero-order chi connectivity index (χ0) is 16.5. The highest BCUT2D eigenvalue weighted by molar-refractivity contribution is 7.89. The monoisotopic (exact) mass is 362 g/mol. The Morgan fingerprint density at radius 3 is 2.26 bits per heavy atom. The van der Waals surface area contributed by atoms with Gasteiger partial charge in [0, 0.05) is 19.6 Å². The highest BCUT2D eigenvalue weighted by Gasteiger charge is 2.52. The molecule has 1 atom stereocenters. The van der Waals surface area contributed by atoms with E-state index in [0.29, 0.717) is 0 Å². The van der Waals surface area contributed by atoms with E-state index < -0.39 is 15.4 Å². The number of nitrogens with two attached hydrogens (primary N) is 1. The van der Waals surface area contributed by atoms with Crippen molar-refractivity contribution in [2.24, 2.45) is 5.73 Å². The second kappa shape index (κ2) is 7.17. The molecule has 0 spiro atoms. The van der Waals surface area contributed by atoms with E-state index in [1.165, 1.54) is 30.6 Å². The number of halogens is 1. The molecule has 2 N–H and O–H groups in total. The van der Waals surface area contributed by atoms with Gasteiger partial charge in [0.05, 0.1) is 17.4 Å². The zero-order valence-corrected chi connectivity index (χ0v) is 15.1. The van der Waals surface area contributed by atoms with E-state index >= 15 is 0 Å². The molecular weight excluding hydrogens is 340 g/mol. The van der Waals surface area contributed by atoms with E-state index in [2.05, 4.69) is 0 Å². The first kappa shape index (κ1) is 19.9. The maximum atomic E-state index is 12.5. The van der Waals surface area contributed by atoms with Crippen LogP contribution in [0, 0.1) is 0 Å². The Labute approximate surface area is 143 Å². The first-order valence-corrected chi connectivity index (χ1v) is 8.60. The van der Waals surface area contributed by atoms with E-state index in [1.807, 2.05) is 0 Å². The lowest BCUT2D eigenvalue weighted by atomic mass is 9.96. The van der Waals surface area contributed by atoms with Gasteiger partial charge in [-0.05, 0) is 37.5 Å². The second-order valence-electron chi connectivity index (χ2n) is 5.70. The normalized spacial score (nSPS) is 17.3. The third kappa shape index (κ3) is 3.52. The summed E-state index contributed by atoms with van der Waals surface area (Å²) in [5.41, 5.74) is 5.74. The standard InChI is InChI=1S/C15H22N2O4S.ClH/c1-11(10-16)17(2)22(19,20)13-6-4-12(5-7-13)15(8-9-15)14(18)21-3;/h4-7,11H,8-10,16H2,1-3H3;1H. The number of sulfonamides is 1. The molecule has 0 aliphatic heterocycles. The van der Waals surface area contributed by atoms with Crippen LogP contribution >= 0.6 is 12.4 Å². The molecule has 1 aliphatic rings. The van der Waals surface area contributed by atoms with Crippen LogP contribution in [0.3, 0.4) is 0 Å². The lowest BCUT2D eigenvalue weighted by molar-refractivity contribution is -0.143. The average molecular weight is 363 g/mol. The smallest absolute Gasteiger partial charge is 0.316 e. The largest absolute Gasteiger partial charge is 0.468 e. The van der Waals surface area contributed by atoms with Crippen LogP contribution < -0.4 is 5.73 Å². The van der Waals surface area contributed by atoms with Gasteiger partial charge in [0.15, 0.2) is 0 Å². The molecule has 0 amide bonds. The van der Waals surface area contributed by atoms with Crippen LogP contribution in [0.4, 0.5) is 0 Å². The van der Waals surface area contributed by atoms with Crippen LogP contribution in [0.2, 0.25) is 0 Å². The molecule has 0 saturated heterocycles. The summed E-state index contributed by atoms with van der Waals surface area (Å²) in [5.74, 6) is -0.267. The van der Waals surface area contributed by atoms with E-state index in [-0.39, 0.29) is 35.9 Å². The number of ether oxygens (including phenoxy) is 1. The lowest BCUT2D eigenvalue weighted by Gasteiger charge is -2.23. The molecule has 2 rings (SSSR count). The zero-order valence-electron chi connectivity index (χ0n) is 13.5. The van der Waals surface area contributed by atoms with Crippen LogP contribution in [-0.2, 0) is 25.0 Å². The molecule has 1 fully saturated rings. The molecule has 1 unspecified atom stereocenters. The van der Waals surface area contributed by atoms with Crippen molar-refractivity contribution in [2.45, 2.75) is 36.1 Å². The molecule has 1 aliphatic carbocycles. The molecule has 0 radical (unpaired) electrons. The van der Waals surface area contributed by atoms with Gasteiger partial charge >= 0.3 is 5.97 Å². The Balaban J connectivity index is 0.00000264. The third-order valence-corrected chi connectivity index (χ3v) is 6.36. The molecule has 0 bridgehead atoms. The number of hydrogen-bond acceptors (Lipinski definition) is 5. The molecular formula is C15H23ClN2O4S. The summed E-state index contributed by atoms with van der Waals surface area (Å²) >= 11 is 0. The van der Waals surface area contributed by atoms with Gasteiger partial charge in [-0.3, -0.25) is 4.79 Å². The van der Waals surface area contributed by atoms with Crippen LogP contribution in [0.15, 0.2) is 29.2 Å². The second-order valence-corrected chi connectivity index (χ2v) is 7.70. The van der Waals surface area contributed by atoms with Gasteiger partial charge in [0.25, 0.3) is 0 Å². The summed E-state index contributed by atoms with van der Waals surface area (Å²) < 4.78 is 31.0. The summed E-state index contributed by atoms with van der Waals surface area (Å²) in [7, 11) is -0.704. The molecule has 8 heteroatoms. The van der Waals surface area contributed by atoms with E-state index in [4.69, 9.17) is 10.5 Å². The van der Waals surface area contributed by atoms with Crippen LogP contribution in [0.1, 0.15) is 25.3 Å². The summed E-state index contributed by atoms with van der Waals surface area (Å²) in [4.78, 5) is 12.0. The van der Waals surface area contributed by atoms with E-state index in [1.54, 1.807) is 19.1 Å². The van der Waals surface area contributed by atoms with Crippen molar-refractivity contribution in [1.82, 2.24) is 4.31 Å². The minimum atomic E-state index is -3.58. The number of carbonyl (C=O) groups excluding carboxylic acids is 1. The maximum Gasteiger partial charge on any atom is 0.316 e. The molecule has 6 nitrogen and oxygen atoms in total. The third-order valence-electron chi connectivity index (χ3n) is 4.37. The summed E-state index contributed by atoms with van der Waals surface area (Å²) in [6.45, 7) is 2.00. The number of carbonyl (C=O) groups is 1. The fraction of sp³-hybridized carbons (Fsp3) is 0.533. The molecule has 0 aromatic heterocycles. The van der Waals surface area contributed by atoms with Crippen LogP contribution in [0.25, 0.3) is 0 Å². The average Bonchev–Trinajstić information content (AvgIpc) is 3.34. The first-order chi connectivity index (χ1) is 10.3. The highest BCUT2D eigenvalue weighted by Crippen LogP contribution is 2.49. The first-order valence-electron chi connectivity index (χ1n) is 7.16. The van der Waals surface area contributed by atoms with E-state index in [0.717, 1.165) is 18.4 Å². The van der Waals surface area contributed by atoms with Crippen molar-refractivity contribution in [3.8, 4) is 0 Å². The summed E-state index contributed by atoms with van der Waals surface area (Å²) in [5, 5.41) is 0. The number of rotatable bonds is 6. The van der Waals surface area contributed by atoms with Crippen molar-refractivity contribution < 1.29 is 17.9 Å². The highest BCUT2D eigenvalue weighted by atomic mass is 35.5. The van der Waals surface area contributed by atoms with Gasteiger partial charge in [-0.25, -0.2) is 8.42 Å². The van der Waals surface area contributed by atoms with Crippen molar-refractivity contribution in [1.29, 1.82) is 0 Å². The SMILES string of the molecule is COC(=O)C1(c2ccc(S(=O)(=O)N(C)C(C)CN)cc2)CC1.Cl.